The summed E-state index contributed by atoms with van der Waals surface area (Å²) >= 11 is 1.14. The Morgan fingerprint density at radius 1 is 1.03 bits per heavy atom. The quantitative estimate of drug-likeness (QED) is 0.312. The third-order valence-electron chi connectivity index (χ3n) is 5.96. The Balaban J connectivity index is 1.49. The van der Waals surface area contributed by atoms with Crippen molar-refractivity contribution in [1.29, 1.82) is 0 Å². The second-order valence-corrected chi connectivity index (χ2v) is 9.34. The van der Waals surface area contributed by atoms with Crippen LogP contribution in [0.4, 0.5) is 24.8 Å². The van der Waals surface area contributed by atoms with Gasteiger partial charge in [0.05, 0.1) is 17.2 Å². The van der Waals surface area contributed by atoms with E-state index in [2.05, 4.69) is 20.0 Å². The van der Waals surface area contributed by atoms with Crippen molar-refractivity contribution in [2.75, 3.05) is 10.0 Å². The summed E-state index contributed by atoms with van der Waals surface area (Å²) in [5.41, 5.74) is 0.196. The number of anilines is 2. The Hall–Kier alpha value is -3.27. The second-order valence-electron chi connectivity index (χ2n) is 8.51. The third-order valence-corrected chi connectivity index (χ3v) is 6.71. The number of hydrogen-bond acceptors (Lipinski definition) is 6. The first-order chi connectivity index (χ1) is 16.7. The molecule has 2 atom stereocenters. The summed E-state index contributed by atoms with van der Waals surface area (Å²) in [6, 6.07) is 14.6. The van der Waals surface area contributed by atoms with Gasteiger partial charge in [0.15, 0.2) is 0 Å². The Morgan fingerprint density at radius 2 is 1.83 bits per heavy atom. The van der Waals surface area contributed by atoms with Crippen LogP contribution in [0.25, 0.3) is 11.3 Å². The van der Waals surface area contributed by atoms with Gasteiger partial charge in [0.1, 0.15) is 16.7 Å². The van der Waals surface area contributed by atoms with Crippen LogP contribution in [-0.4, -0.2) is 27.1 Å². The number of nitrogens with one attached hydrogen (secondary N) is 2. The van der Waals surface area contributed by atoms with Gasteiger partial charge in [-0.1, -0.05) is 36.8 Å². The fourth-order valence-electron chi connectivity index (χ4n) is 4.20. The molecule has 35 heavy (non-hydrogen) atoms. The average molecular weight is 503 g/mol. The first-order valence-electron chi connectivity index (χ1n) is 11.2. The Bertz CT molecular complexity index is 1210. The molecular formula is C25H25F3N4O2S. The molecular weight excluding hydrogens is 477 g/mol. The molecule has 2 heterocycles. The second kappa shape index (κ2) is 10.6. The van der Waals surface area contributed by atoms with Gasteiger partial charge in [0, 0.05) is 23.6 Å². The van der Waals surface area contributed by atoms with Crippen LogP contribution < -0.4 is 10.0 Å². The van der Waals surface area contributed by atoms with Crippen LogP contribution in [0.15, 0.2) is 59.6 Å². The van der Waals surface area contributed by atoms with E-state index in [4.69, 9.17) is 0 Å². The molecule has 0 spiro atoms. The minimum Gasteiger partial charge on any atom is -0.481 e. The van der Waals surface area contributed by atoms with E-state index in [1.165, 1.54) is 6.07 Å². The number of nitrogens with zero attached hydrogens (tertiary/aromatic N) is 2. The van der Waals surface area contributed by atoms with Gasteiger partial charge < -0.3 is 15.1 Å². The van der Waals surface area contributed by atoms with E-state index >= 15 is 0 Å². The lowest BCUT2D eigenvalue weighted by molar-refractivity contribution is -0.143. The molecule has 1 saturated carbocycles. The maximum atomic E-state index is 13.6. The Kier molecular flexibility index (Phi) is 7.49. The summed E-state index contributed by atoms with van der Waals surface area (Å²) in [5.74, 6) is -0.229. The van der Waals surface area contributed by atoms with Gasteiger partial charge >= 0.3 is 12.1 Å². The fraction of sp³-hybridized carbons (Fsp3) is 0.320. The number of pyridine rings is 2. The van der Waals surface area contributed by atoms with E-state index in [0.717, 1.165) is 30.9 Å². The van der Waals surface area contributed by atoms with Crippen LogP contribution in [0.3, 0.4) is 0 Å². The molecule has 0 radical (unpaired) electrons. The fourth-order valence-corrected chi connectivity index (χ4v) is 4.81. The summed E-state index contributed by atoms with van der Waals surface area (Å²) in [5, 5.41) is 13.2. The van der Waals surface area contributed by atoms with Crippen molar-refractivity contribution in [2.45, 2.75) is 49.9 Å². The van der Waals surface area contributed by atoms with Crippen molar-refractivity contribution in [2.24, 2.45) is 5.92 Å². The maximum absolute atomic E-state index is 13.6. The normalized spacial score (nSPS) is 18.2. The van der Waals surface area contributed by atoms with Crippen LogP contribution in [0.1, 0.15) is 36.8 Å². The largest absolute Gasteiger partial charge is 0.481 e. The highest BCUT2D eigenvalue weighted by Gasteiger charge is 2.35. The molecule has 4 rings (SSSR count). The number of carboxylic acids is 1. The number of benzene rings is 1. The molecule has 3 N–H and O–H groups in total. The molecule has 1 aliphatic carbocycles. The van der Waals surface area contributed by atoms with Crippen molar-refractivity contribution >= 4 is 29.6 Å². The van der Waals surface area contributed by atoms with Crippen molar-refractivity contribution in [3.05, 3.63) is 65.7 Å². The molecule has 0 saturated heterocycles. The zero-order valence-corrected chi connectivity index (χ0v) is 19.8. The number of aryl methyl sites for hydroxylation is 1. The number of carbonyl (C=O) groups is 1. The summed E-state index contributed by atoms with van der Waals surface area (Å²) in [7, 11) is 0. The molecule has 0 bridgehead atoms. The number of aromatic nitrogens is 2. The number of aliphatic carboxylic acids is 1. The number of halogens is 3. The van der Waals surface area contributed by atoms with E-state index in [1.54, 1.807) is 43.3 Å². The minimum atomic E-state index is -4.53. The van der Waals surface area contributed by atoms with Gasteiger partial charge in [0.2, 0.25) is 0 Å². The smallest absolute Gasteiger partial charge is 0.418 e. The van der Waals surface area contributed by atoms with Crippen LogP contribution >= 0.6 is 11.9 Å². The molecule has 0 aliphatic heterocycles. The van der Waals surface area contributed by atoms with Gasteiger partial charge in [-0.25, -0.2) is 9.97 Å². The SMILES string of the molecule is Cc1ccccc1-c1nc(NSc2cccc(N[C@@H]3CCC[C@@H](C(=O)O)C3)n2)ccc1C(F)(F)F. The third kappa shape index (κ3) is 6.25. The molecule has 1 fully saturated rings. The van der Waals surface area contributed by atoms with Crippen LogP contribution in [0, 0.1) is 12.8 Å². The number of carboxylic acid groups (broad SMARTS) is 1. The molecule has 10 heteroatoms. The lowest BCUT2D eigenvalue weighted by Gasteiger charge is -2.27. The lowest BCUT2D eigenvalue weighted by atomic mass is 9.86. The standard InChI is InChI=1S/C25H25F3N4O2S/c1-15-6-2-3-9-18(15)23-19(25(26,27)28)12-13-21(31-23)32-35-22-11-5-10-20(30-22)29-17-8-4-7-16(14-17)24(33)34/h2-3,5-6,9-13,16-17H,4,7-8,14H2,1H3,(H,29,30)(H,31,32)(H,33,34)/t16-,17-/m1/s1. The molecule has 3 aromatic rings. The van der Waals surface area contributed by atoms with Crippen molar-refractivity contribution in [1.82, 2.24) is 9.97 Å². The first-order valence-corrected chi connectivity index (χ1v) is 12.1. The summed E-state index contributed by atoms with van der Waals surface area (Å²) < 4.78 is 43.9. The van der Waals surface area contributed by atoms with Crippen LogP contribution in [-0.2, 0) is 11.0 Å². The van der Waals surface area contributed by atoms with E-state index in [9.17, 15) is 23.1 Å². The predicted molar refractivity (Wildman–Crippen MR) is 130 cm³/mol. The average Bonchev–Trinajstić information content (AvgIpc) is 2.83. The van der Waals surface area contributed by atoms with E-state index in [1.807, 2.05) is 6.07 Å². The maximum Gasteiger partial charge on any atom is 0.418 e. The molecule has 6 nitrogen and oxygen atoms in total. The van der Waals surface area contributed by atoms with E-state index in [0.29, 0.717) is 34.8 Å². The van der Waals surface area contributed by atoms with Gasteiger partial charge in [-0.2, -0.15) is 13.2 Å². The van der Waals surface area contributed by atoms with Gasteiger partial charge in [-0.05, 0) is 56.0 Å². The van der Waals surface area contributed by atoms with Gasteiger partial charge in [-0.3, -0.25) is 4.79 Å². The molecule has 1 aliphatic rings. The van der Waals surface area contributed by atoms with Crippen molar-refractivity contribution in [3.63, 3.8) is 0 Å². The lowest BCUT2D eigenvalue weighted by Crippen LogP contribution is -2.31. The topological polar surface area (TPSA) is 87.1 Å². The van der Waals surface area contributed by atoms with E-state index in [-0.39, 0.29) is 23.5 Å². The zero-order chi connectivity index (χ0) is 25.0. The summed E-state index contributed by atoms with van der Waals surface area (Å²) in [6.07, 6.45) is -1.59. The number of alkyl halides is 3. The highest BCUT2D eigenvalue weighted by molar-refractivity contribution is 8.00. The predicted octanol–water partition coefficient (Wildman–Crippen LogP) is 6.65. The van der Waals surface area contributed by atoms with Gasteiger partial charge in [-0.15, -0.1) is 0 Å². The highest BCUT2D eigenvalue weighted by atomic mass is 32.2. The molecule has 0 amide bonds. The van der Waals surface area contributed by atoms with Crippen LogP contribution in [0.5, 0.6) is 0 Å². The summed E-state index contributed by atoms with van der Waals surface area (Å²) in [6.45, 7) is 1.75. The summed E-state index contributed by atoms with van der Waals surface area (Å²) in [4.78, 5) is 20.1. The number of rotatable bonds is 7. The van der Waals surface area contributed by atoms with Gasteiger partial charge in [0.25, 0.3) is 0 Å². The Morgan fingerprint density at radius 3 is 2.57 bits per heavy atom. The molecule has 0 unspecified atom stereocenters. The number of hydrogen-bond donors (Lipinski definition) is 3. The monoisotopic (exact) mass is 502 g/mol. The van der Waals surface area contributed by atoms with E-state index < -0.39 is 17.7 Å². The highest BCUT2D eigenvalue weighted by Crippen LogP contribution is 2.38. The molecule has 2 aromatic heterocycles. The Labute approximate surface area is 205 Å². The first kappa shape index (κ1) is 24.8. The minimum absolute atomic E-state index is 0.0267. The van der Waals surface area contributed by atoms with Crippen molar-refractivity contribution in [3.8, 4) is 11.3 Å². The van der Waals surface area contributed by atoms with Crippen molar-refractivity contribution < 1.29 is 23.1 Å². The molecule has 1 aromatic carbocycles. The van der Waals surface area contributed by atoms with Crippen LogP contribution in [0.2, 0.25) is 0 Å². The zero-order valence-electron chi connectivity index (χ0n) is 19.0. The molecule has 184 valence electrons.